The van der Waals surface area contributed by atoms with Crippen LogP contribution < -0.4 is 14.8 Å². The van der Waals surface area contributed by atoms with E-state index < -0.39 is 0 Å². The molecule has 1 amide bonds. The summed E-state index contributed by atoms with van der Waals surface area (Å²) >= 11 is 0. The van der Waals surface area contributed by atoms with Crippen LogP contribution in [-0.4, -0.2) is 19.6 Å². The summed E-state index contributed by atoms with van der Waals surface area (Å²) in [5.74, 6) is 1.67. The second-order valence-electron chi connectivity index (χ2n) is 6.50. The lowest BCUT2D eigenvalue weighted by Gasteiger charge is -2.19. The van der Waals surface area contributed by atoms with Crippen LogP contribution in [0.1, 0.15) is 47.3 Å². The first kappa shape index (κ1) is 17.3. The number of benzene rings is 2. The number of hydrogen-bond acceptors (Lipinski definition) is 3. The van der Waals surface area contributed by atoms with Gasteiger partial charge in [0.05, 0.1) is 19.8 Å². The van der Waals surface area contributed by atoms with Crippen molar-refractivity contribution in [3.8, 4) is 11.5 Å². The van der Waals surface area contributed by atoms with Crippen LogP contribution in [0.3, 0.4) is 0 Å². The van der Waals surface area contributed by atoms with Crippen molar-refractivity contribution in [2.45, 2.75) is 32.7 Å². The molecule has 1 saturated carbocycles. The smallest absolute Gasteiger partial charge is 0.251 e. The molecule has 4 nitrogen and oxygen atoms in total. The Morgan fingerprint density at radius 2 is 1.88 bits per heavy atom. The molecule has 1 unspecified atom stereocenters. The van der Waals surface area contributed by atoms with Crippen LogP contribution in [0.4, 0.5) is 0 Å². The number of ether oxygens (including phenoxy) is 2. The number of nitrogens with one attached hydrogen (secondary N) is 1. The van der Waals surface area contributed by atoms with Gasteiger partial charge < -0.3 is 14.8 Å². The van der Waals surface area contributed by atoms with Crippen molar-refractivity contribution in [2.75, 3.05) is 13.7 Å². The number of amides is 1. The highest BCUT2D eigenvalue weighted by Crippen LogP contribution is 2.41. The van der Waals surface area contributed by atoms with E-state index in [2.05, 4.69) is 36.5 Å². The van der Waals surface area contributed by atoms with Crippen LogP contribution in [0, 0.1) is 12.8 Å². The predicted molar refractivity (Wildman–Crippen MR) is 98.3 cm³/mol. The lowest BCUT2D eigenvalue weighted by atomic mass is 10.0. The van der Waals surface area contributed by atoms with Crippen LogP contribution in [0.25, 0.3) is 0 Å². The monoisotopic (exact) mass is 339 g/mol. The molecule has 1 atom stereocenters. The van der Waals surface area contributed by atoms with E-state index in [1.54, 1.807) is 25.3 Å². The Balaban J connectivity index is 1.78. The number of carbonyl (C=O) groups is 1. The fourth-order valence-electron chi connectivity index (χ4n) is 2.98. The highest BCUT2D eigenvalue weighted by atomic mass is 16.5. The van der Waals surface area contributed by atoms with E-state index >= 15 is 0 Å². The van der Waals surface area contributed by atoms with Gasteiger partial charge in [-0.2, -0.15) is 0 Å². The molecule has 3 rings (SSSR count). The molecule has 2 aromatic carbocycles. The Morgan fingerprint density at radius 3 is 2.48 bits per heavy atom. The third-order valence-electron chi connectivity index (χ3n) is 4.54. The molecule has 0 aromatic heterocycles. The lowest BCUT2D eigenvalue weighted by Crippen LogP contribution is -2.29. The van der Waals surface area contributed by atoms with Crippen molar-refractivity contribution >= 4 is 5.91 Å². The minimum Gasteiger partial charge on any atom is -0.493 e. The minimum atomic E-state index is -0.0844. The second-order valence-corrected chi connectivity index (χ2v) is 6.50. The molecule has 1 aliphatic carbocycles. The van der Waals surface area contributed by atoms with E-state index in [0.717, 1.165) is 12.8 Å². The number of methoxy groups -OCH3 is 1. The van der Waals surface area contributed by atoms with Crippen molar-refractivity contribution in [3.63, 3.8) is 0 Å². The summed E-state index contributed by atoms with van der Waals surface area (Å²) in [6.07, 6.45) is 2.32. The number of aryl methyl sites for hydroxylation is 1. The largest absolute Gasteiger partial charge is 0.493 e. The zero-order valence-electron chi connectivity index (χ0n) is 15.0. The van der Waals surface area contributed by atoms with Crippen molar-refractivity contribution in [2.24, 2.45) is 5.92 Å². The van der Waals surface area contributed by atoms with Gasteiger partial charge in [-0.05, 0) is 56.4 Å². The lowest BCUT2D eigenvalue weighted by molar-refractivity contribution is 0.0931. The van der Waals surface area contributed by atoms with Crippen molar-refractivity contribution in [1.82, 2.24) is 5.32 Å². The Bertz CT molecular complexity index is 735. The average Bonchev–Trinajstić information content (AvgIpc) is 3.46. The molecule has 0 heterocycles. The van der Waals surface area contributed by atoms with E-state index in [4.69, 9.17) is 9.47 Å². The molecule has 25 heavy (non-hydrogen) atoms. The molecule has 1 N–H and O–H groups in total. The van der Waals surface area contributed by atoms with E-state index in [9.17, 15) is 4.79 Å². The Labute approximate surface area is 149 Å². The Morgan fingerprint density at radius 1 is 1.16 bits per heavy atom. The first-order valence-corrected chi connectivity index (χ1v) is 8.80. The molecular weight excluding hydrogens is 314 g/mol. The molecule has 0 spiro atoms. The average molecular weight is 339 g/mol. The van der Waals surface area contributed by atoms with E-state index in [-0.39, 0.29) is 11.9 Å². The summed E-state index contributed by atoms with van der Waals surface area (Å²) in [6.45, 7) is 4.54. The molecule has 1 fully saturated rings. The van der Waals surface area contributed by atoms with Crippen LogP contribution in [0.5, 0.6) is 11.5 Å². The zero-order valence-corrected chi connectivity index (χ0v) is 15.0. The molecule has 4 heteroatoms. The highest BCUT2D eigenvalue weighted by molar-refractivity contribution is 5.95. The molecule has 132 valence electrons. The van der Waals surface area contributed by atoms with Gasteiger partial charge in [-0.25, -0.2) is 0 Å². The van der Waals surface area contributed by atoms with Gasteiger partial charge in [-0.15, -0.1) is 0 Å². The maximum atomic E-state index is 12.8. The Hall–Kier alpha value is -2.49. The van der Waals surface area contributed by atoms with Crippen LogP contribution in [-0.2, 0) is 0 Å². The van der Waals surface area contributed by atoms with Gasteiger partial charge in [-0.3, -0.25) is 4.79 Å². The maximum absolute atomic E-state index is 12.8. The summed E-state index contributed by atoms with van der Waals surface area (Å²) in [4.78, 5) is 12.8. The number of carbonyl (C=O) groups excluding carboxylic acids is 1. The SMILES string of the molecule is CCOc1ccc(C(=O)NC(c2ccc(C)cc2)C2CC2)cc1OC. The summed E-state index contributed by atoms with van der Waals surface area (Å²) in [7, 11) is 1.58. The maximum Gasteiger partial charge on any atom is 0.251 e. The fraction of sp³-hybridized carbons (Fsp3) is 0.381. The molecule has 0 saturated heterocycles. The zero-order chi connectivity index (χ0) is 17.8. The topological polar surface area (TPSA) is 47.6 Å². The summed E-state index contributed by atoms with van der Waals surface area (Å²) in [5, 5.41) is 3.20. The minimum absolute atomic E-state index is 0.0608. The Kier molecular flexibility index (Phi) is 5.27. The molecular formula is C21H25NO3. The van der Waals surface area contributed by atoms with Crippen LogP contribution in [0.15, 0.2) is 42.5 Å². The standard InChI is InChI=1S/C21H25NO3/c1-4-25-18-12-11-17(13-19(18)24-3)21(23)22-20(16-9-10-16)15-7-5-14(2)6-8-15/h5-8,11-13,16,20H,4,9-10H2,1-3H3,(H,22,23). The number of rotatable bonds is 7. The highest BCUT2D eigenvalue weighted by Gasteiger charge is 2.33. The molecule has 0 bridgehead atoms. The molecule has 2 aromatic rings. The normalized spacial score (nSPS) is 14.7. The van der Waals surface area contributed by atoms with Gasteiger partial charge >= 0.3 is 0 Å². The first-order valence-electron chi connectivity index (χ1n) is 8.80. The second kappa shape index (κ2) is 7.60. The molecule has 0 radical (unpaired) electrons. The third-order valence-corrected chi connectivity index (χ3v) is 4.54. The van der Waals surface area contributed by atoms with E-state index in [1.807, 2.05) is 6.92 Å². The first-order chi connectivity index (χ1) is 12.1. The van der Waals surface area contributed by atoms with Gasteiger partial charge in [0, 0.05) is 5.56 Å². The number of hydrogen-bond donors (Lipinski definition) is 1. The fourth-order valence-corrected chi connectivity index (χ4v) is 2.98. The van der Waals surface area contributed by atoms with E-state index in [1.165, 1.54) is 11.1 Å². The summed E-state index contributed by atoms with van der Waals surface area (Å²) in [5.41, 5.74) is 2.97. The van der Waals surface area contributed by atoms with Crippen molar-refractivity contribution < 1.29 is 14.3 Å². The van der Waals surface area contributed by atoms with Crippen molar-refractivity contribution in [3.05, 3.63) is 59.2 Å². The third kappa shape index (κ3) is 4.13. The predicted octanol–water partition coefficient (Wildman–Crippen LogP) is 4.28. The van der Waals surface area contributed by atoms with Gasteiger partial charge in [0.1, 0.15) is 0 Å². The van der Waals surface area contributed by atoms with Gasteiger partial charge in [-0.1, -0.05) is 29.8 Å². The van der Waals surface area contributed by atoms with Crippen molar-refractivity contribution in [1.29, 1.82) is 0 Å². The van der Waals surface area contributed by atoms with Gasteiger partial charge in [0.2, 0.25) is 0 Å². The summed E-state index contributed by atoms with van der Waals surface area (Å²) < 4.78 is 10.9. The quantitative estimate of drug-likeness (QED) is 0.819. The molecule has 0 aliphatic heterocycles. The van der Waals surface area contributed by atoms with Crippen LogP contribution in [0.2, 0.25) is 0 Å². The molecule has 1 aliphatic rings. The van der Waals surface area contributed by atoms with Gasteiger partial charge in [0.25, 0.3) is 5.91 Å². The van der Waals surface area contributed by atoms with Gasteiger partial charge in [0.15, 0.2) is 11.5 Å². The van der Waals surface area contributed by atoms with E-state index in [0.29, 0.717) is 29.6 Å². The van der Waals surface area contributed by atoms with Crippen LogP contribution >= 0.6 is 0 Å². The summed E-state index contributed by atoms with van der Waals surface area (Å²) in [6, 6.07) is 13.8.